The number of aromatic nitrogens is 2. The van der Waals surface area contributed by atoms with Crippen molar-refractivity contribution in [1.82, 2.24) is 9.97 Å². The molecule has 2 aromatic heterocycles. The van der Waals surface area contributed by atoms with Gasteiger partial charge in [-0.05, 0) is 29.8 Å². The summed E-state index contributed by atoms with van der Waals surface area (Å²) in [5.74, 6) is 0.0433. The van der Waals surface area contributed by atoms with Gasteiger partial charge in [0.1, 0.15) is 5.01 Å². The van der Waals surface area contributed by atoms with Gasteiger partial charge in [0, 0.05) is 36.3 Å². The molecule has 0 aliphatic heterocycles. The Morgan fingerprint density at radius 3 is 2.45 bits per heavy atom. The Balaban J connectivity index is 1.97. The molecule has 0 saturated carbocycles. The van der Waals surface area contributed by atoms with Crippen LogP contribution in [-0.4, -0.2) is 15.8 Å². The van der Waals surface area contributed by atoms with Gasteiger partial charge in [-0.3, -0.25) is 9.78 Å². The maximum absolute atomic E-state index is 11.9. The molecular formula is C17H13ClN2OS. The van der Waals surface area contributed by atoms with Crippen molar-refractivity contribution in [1.29, 1.82) is 0 Å². The number of nitrogens with zero attached hydrogens (tertiary/aromatic N) is 2. The van der Waals surface area contributed by atoms with E-state index >= 15 is 0 Å². The summed E-state index contributed by atoms with van der Waals surface area (Å²) in [5, 5.41) is 1.54. The molecule has 22 heavy (non-hydrogen) atoms. The summed E-state index contributed by atoms with van der Waals surface area (Å²) in [6, 6.07) is 11.4. The molecule has 1 aromatic carbocycles. The van der Waals surface area contributed by atoms with Gasteiger partial charge in [0.05, 0.1) is 10.6 Å². The molecule has 3 aromatic rings. The first kappa shape index (κ1) is 14.9. The van der Waals surface area contributed by atoms with Crippen LogP contribution in [0.5, 0.6) is 0 Å². The van der Waals surface area contributed by atoms with Crippen molar-refractivity contribution in [3.05, 3.63) is 69.9 Å². The van der Waals surface area contributed by atoms with Crippen LogP contribution in [0, 0.1) is 0 Å². The molecule has 2 heterocycles. The maximum atomic E-state index is 11.9. The van der Waals surface area contributed by atoms with Crippen LogP contribution in [-0.2, 0) is 6.42 Å². The van der Waals surface area contributed by atoms with Crippen molar-refractivity contribution in [2.45, 2.75) is 13.3 Å². The number of pyridine rings is 1. The lowest BCUT2D eigenvalue weighted by Gasteiger charge is -2.00. The van der Waals surface area contributed by atoms with E-state index in [9.17, 15) is 4.79 Å². The highest BCUT2D eigenvalue weighted by molar-refractivity contribution is 7.17. The van der Waals surface area contributed by atoms with E-state index in [0.29, 0.717) is 16.3 Å². The molecule has 0 unspecified atom stereocenters. The number of benzene rings is 1. The number of carbonyl (C=O) groups excluding carboxylic acids is 1. The van der Waals surface area contributed by atoms with E-state index in [4.69, 9.17) is 11.6 Å². The first-order chi connectivity index (χ1) is 10.6. The van der Waals surface area contributed by atoms with Crippen LogP contribution in [0.3, 0.4) is 0 Å². The molecule has 0 fully saturated rings. The molecule has 0 atom stereocenters. The molecule has 3 nitrogen and oxygen atoms in total. The van der Waals surface area contributed by atoms with Crippen LogP contribution in [0.2, 0.25) is 5.02 Å². The Hall–Kier alpha value is -2.04. The molecular weight excluding hydrogens is 316 g/mol. The summed E-state index contributed by atoms with van der Waals surface area (Å²) >= 11 is 7.34. The Bertz CT molecular complexity index is 797. The third-order valence-corrected chi connectivity index (χ3v) is 4.73. The van der Waals surface area contributed by atoms with E-state index in [1.807, 2.05) is 36.4 Å². The van der Waals surface area contributed by atoms with Crippen LogP contribution >= 0.6 is 22.9 Å². The summed E-state index contributed by atoms with van der Waals surface area (Å²) in [7, 11) is 0. The monoisotopic (exact) mass is 328 g/mol. The van der Waals surface area contributed by atoms with Crippen molar-refractivity contribution >= 4 is 28.7 Å². The molecule has 0 saturated heterocycles. The zero-order valence-corrected chi connectivity index (χ0v) is 13.5. The van der Waals surface area contributed by atoms with Gasteiger partial charge in [-0.2, -0.15) is 0 Å². The number of rotatable bonds is 4. The van der Waals surface area contributed by atoms with E-state index in [0.717, 1.165) is 21.8 Å². The first-order valence-electron chi connectivity index (χ1n) is 6.79. The van der Waals surface area contributed by atoms with Crippen molar-refractivity contribution in [2.75, 3.05) is 0 Å². The molecule has 5 heteroatoms. The topological polar surface area (TPSA) is 42.9 Å². The number of halogens is 1. The summed E-state index contributed by atoms with van der Waals surface area (Å²) in [5.41, 5.74) is 2.87. The molecule has 0 radical (unpaired) electrons. The fraction of sp³-hybridized carbons (Fsp3) is 0.118. The van der Waals surface area contributed by atoms with E-state index in [1.54, 1.807) is 19.3 Å². The lowest BCUT2D eigenvalue weighted by Crippen LogP contribution is -1.97. The van der Waals surface area contributed by atoms with Crippen molar-refractivity contribution in [2.24, 2.45) is 0 Å². The van der Waals surface area contributed by atoms with Gasteiger partial charge in [-0.15, -0.1) is 11.3 Å². The summed E-state index contributed by atoms with van der Waals surface area (Å²) in [6.07, 6.45) is 4.07. The molecule has 0 aliphatic rings. The smallest absolute Gasteiger partial charge is 0.171 e. The number of hydrogen-bond acceptors (Lipinski definition) is 4. The largest absolute Gasteiger partial charge is 0.294 e. The number of thiazole rings is 1. The summed E-state index contributed by atoms with van der Waals surface area (Å²) < 4.78 is 0. The maximum Gasteiger partial charge on any atom is 0.171 e. The van der Waals surface area contributed by atoms with Crippen molar-refractivity contribution in [3.8, 4) is 10.6 Å². The third-order valence-electron chi connectivity index (χ3n) is 3.23. The Labute approximate surface area is 137 Å². The van der Waals surface area contributed by atoms with Gasteiger partial charge in [0.25, 0.3) is 0 Å². The van der Waals surface area contributed by atoms with Gasteiger partial charge in [-0.1, -0.05) is 23.7 Å². The lowest BCUT2D eigenvalue weighted by molar-refractivity contribution is 0.102. The molecule has 0 amide bonds. The minimum atomic E-state index is 0.0433. The number of hydrogen-bond donors (Lipinski definition) is 0. The lowest BCUT2D eigenvalue weighted by atomic mass is 10.1. The second-order valence-electron chi connectivity index (χ2n) is 4.89. The minimum Gasteiger partial charge on any atom is -0.294 e. The number of ketones is 1. The first-order valence-corrected chi connectivity index (χ1v) is 7.98. The van der Waals surface area contributed by atoms with E-state index in [2.05, 4.69) is 9.97 Å². The van der Waals surface area contributed by atoms with Crippen molar-refractivity contribution < 1.29 is 4.79 Å². The average Bonchev–Trinajstić information content (AvgIpc) is 2.95. The van der Waals surface area contributed by atoms with E-state index in [-0.39, 0.29) is 5.78 Å². The normalized spacial score (nSPS) is 10.6. The van der Waals surface area contributed by atoms with Crippen molar-refractivity contribution in [3.63, 3.8) is 0 Å². The van der Waals surface area contributed by atoms with Gasteiger partial charge in [-0.25, -0.2) is 4.98 Å². The van der Waals surface area contributed by atoms with Gasteiger partial charge in [0.2, 0.25) is 0 Å². The molecule has 0 N–H and O–H groups in total. The predicted molar refractivity (Wildman–Crippen MR) is 89.6 cm³/mol. The van der Waals surface area contributed by atoms with Crippen LogP contribution in [0.15, 0.2) is 48.8 Å². The summed E-state index contributed by atoms with van der Waals surface area (Å²) in [6.45, 7) is 1.58. The quantitative estimate of drug-likeness (QED) is 0.654. The zero-order valence-electron chi connectivity index (χ0n) is 11.9. The number of Topliss-reactive ketones (excluding diaryl/α,β-unsaturated/α-hetero) is 1. The van der Waals surface area contributed by atoms with Crippen LogP contribution < -0.4 is 0 Å². The Morgan fingerprint density at radius 1 is 1.14 bits per heavy atom. The SMILES string of the molecule is CC(=O)c1sc(-c2ccncc2)nc1Cc1ccc(Cl)cc1. The summed E-state index contributed by atoms with van der Waals surface area (Å²) in [4.78, 5) is 21.3. The highest BCUT2D eigenvalue weighted by Gasteiger charge is 2.16. The Kier molecular flexibility index (Phi) is 4.32. The van der Waals surface area contributed by atoms with Gasteiger partial charge < -0.3 is 0 Å². The van der Waals surface area contributed by atoms with E-state index in [1.165, 1.54) is 11.3 Å². The van der Waals surface area contributed by atoms with Crippen LogP contribution in [0.1, 0.15) is 27.9 Å². The zero-order chi connectivity index (χ0) is 15.5. The third kappa shape index (κ3) is 3.24. The molecule has 110 valence electrons. The molecule has 0 aliphatic carbocycles. The average molecular weight is 329 g/mol. The van der Waals surface area contributed by atoms with Gasteiger partial charge >= 0.3 is 0 Å². The predicted octanol–water partition coefficient (Wildman–Crippen LogP) is 4.65. The highest BCUT2D eigenvalue weighted by Crippen LogP contribution is 2.29. The fourth-order valence-corrected chi connectivity index (χ4v) is 3.27. The second kappa shape index (κ2) is 6.38. The minimum absolute atomic E-state index is 0.0433. The standard InChI is InChI=1S/C17H13ClN2OS/c1-11(21)16-15(10-12-2-4-14(18)5-3-12)20-17(22-16)13-6-8-19-9-7-13/h2-9H,10H2,1H3. The number of carbonyl (C=O) groups is 1. The molecule has 3 rings (SSSR count). The van der Waals surface area contributed by atoms with E-state index < -0.39 is 0 Å². The van der Waals surface area contributed by atoms with Gasteiger partial charge in [0.15, 0.2) is 5.78 Å². The highest BCUT2D eigenvalue weighted by atomic mass is 35.5. The van der Waals surface area contributed by atoms with Crippen LogP contribution in [0.25, 0.3) is 10.6 Å². The second-order valence-corrected chi connectivity index (χ2v) is 6.33. The molecule has 0 spiro atoms. The molecule has 0 bridgehead atoms. The Morgan fingerprint density at radius 2 is 1.82 bits per heavy atom. The van der Waals surface area contributed by atoms with Crippen LogP contribution in [0.4, 0.5) is 0 Å². The fourth-order valence-electron chi connectivity index (χ4n) is 2.16.